The maximum absolute atomic E-state index is 9.09. The van der Waals surface area contributed by atoms with Crippen molar-refractivity contribution >= 4 is 5.69 Å². The number of rotatable bonds is 5. The van der Waals surface area contributed by atoms with E-state index in [4.69, 9.17) is 25.2 Å². The van der Waals surface area contributed by atoms with Crippen LogP contribution >= 0.6 is 0 Å². The van der Waals surface area contributed by atoms with Crippen molar-refractivity contribution in [1.29, 1.82) is 5.26 Å². The third kappa shape index (κ3) is 3.57. The van der Waals surface area contributed by atoms with Crippen molar-refractivity contribution in [3.63, 3.8) is 0 Å². The van der Waals surface area contributed by atoms with E-state index < -0.39 is 0 Å². The number of nitrogens with zero attached hydrogens (tertiary/aromatic N) is 1. The number of anilines is 1. The van der Waals surface area contributed by atoms with Crippen LogP contribution in [0.1, 0.15) is 18.9 Å². The molecule has 0 aromatic heterocycles. The van der Waals surface area contributed by atoms with Crippen LogP contribution in [-0.4, -0.2) is 39.0 Å². The lowest BCUT2D eigenvalue weighted by Gasteiger charge is -2.31. The predicted molar refractivity (Wildman–Crippen MR) is 79.4 cm³/mol. The number of nitrogen functional groups attached to an aromatic ring is 1. The number of methoxy groups -OCH3 is 1. The van der Waals surface area contributed by atoms with Crippen molar-refractivity contribution in [2.45, 2.75) is 25.5 Å². The van der Waals surface area contributed by atoms with Crippen LogP contribution in [-0.2, 0) is 4.74 Å². The summed E-state index contributed by atoms with van der Waals surface area (Å²) in [5, 5.41) is 12.5. The van der Waals surface area contributed by atoms with Gasteiger partial charge in [-0.2, -0.15) is 5.26 Å². The zero-order valence-corrected chi connectivity index (χ0v) is 12.4. The second-order valence-corrected chi connectivity index (χ2v) is 4.90. The van der Waals surface area contributed by atoms with E-state index in [1.807, 2.05) is 0 Å². The van der Waals surface area contributed by atoms with E-state index in [-0.39, 0.29) is 12.1 Å². The molecule has 0 spiro atoms. The van der Waals surface area contributed by atoms with Gasteiger partial charge in [-0.15, -0.1) is 0 Å². The van der Waals surface area contributed by atoms with Crippen molar-refractivity contribution in [3.8, 4) is 17.6 Å². The lowest BCUT2D eigenvalue weighted by Crippen LogP contribution is -2.50. The van der Waals surface area contributed by atoms with Crippen LogP contribution in [0.4, 0.5) is 5.69 Å². The number of morpholine rings is 1. The molecule has 3 N–H and O–H groups in total. The molecule has 1 aromatic rings. The van der Waals surface area contributed by atoms with Gasteiger partial charge in [0.05, 0.1) is 37.6 Å². The van der Waals surface area contributed by atoms with Crippen LogP contribution < -0.4 is 20.5 Å². The van der Waals surface area contributed by atoms with Crippen LogP contribution in [0, 0.1) is 11.3 Å². The molecule has 21 heavy (non-hydrogen) atoms. The smallest absolute Gasteiger partial charge is 0.163 e. The number of ether oxygens (including phenoxy) is 3. The van der Waals surface area contributed by atoms with Gasteiger partial charge < -0.3 is 25.3 Å². The van der Waals surface area contributed by atoms with E-state index in [1.165, 1.54) is 0 Å². The average molecular weight is 291 g/mol. The molecular weight excluding hydrogens is 270 g/mol. The Hall–Kier alpha value is -1.97. The van der Waals surface area contributed by atoms with E-state index in [2.05, 4.69) is 18.3 Å². The van der Waals surface area contributed by atoms with E-state index in [9.17, 15) is 0 Å². The lowest BCUT2D eigenvalue weighted by atomic mass is 10.1. The first kappa shape index (κ1) is 15.4. The highest BCUT2D eigenvalue weighted by Gasteiger charge is 2.25. The van der Waals surface area contributed by atoms with Gasteiger partial charge in [0.25, 0.3) is 0 Å². The van der Waals surface area contributed by atoms with Gasteiger partial charge in [0.1, 0.15) is 12.2 Å². The number of nitrogens with two attached hydrogens (primary N) is 1. The van der Waals surface area contributed by atoms with Gasteiger partial charge in [-0.3, -0.25) is 0 Å². The maximum atomic E-state index is 9.09. The number of nitriles is 1. The molecule has 1 aliphatic rings. The first-order valence-electron chi connectivity index (χ1n) is 7.05. The fraction of sp³-hybridized carbons (Fsp3) is 0.533. The van der Waals surface area contributed by atoms with Crippen molar-refractivity contribution in [2.24, 2.45) is 0 Å². The summed E-state index contributed by atoms with van der Waals surface area (Å²) in [6.45, 7) is 4.19. The fourth-order valence-electron chi connectivity index (χ4n) is 2.36. The topological polar surface area (TPSA) is 89.5 Å². The Morgan fingerprint density at radius 2 is 2.33 bits per heavy atom. The molecule has 1 fully saturated rings. The van der Waals surface area contributed by atoms with Crippen LogP contribution in [0.25, 0.3) is 0 Å². The van der Waals surface area contributed by atoms with Crippen LogP contribution in [0.3, 0.4) is 0 Å². The van der Waals surface area contributed by atoms with Gasteiger partial charge in [0, 0.05) is 18.7 Å². The molecule has 0 aliphatic carbocycles. The highest BCUT2D eigenvalue weighted by molar-refractivity contribution is 5.62. The largest absolute Gasteiger partial charge is 0.493 e. The minimum Gasteiger partial charge on any atom is -0.493 e. The molecule has 114 valence electrons. The summed E-state index contributed by atoms with van der Waals surface area (Å²) in [6.07, 6.45) is 0.755. The Balaban J connectivity index is 2.21. The molecular formula is C15H21N3O3. The lowest BCUT2D eigenvalue weighted by molar-refractivity contribution is 0.0259. The van der Waals surface area contributed by atoms with Gasteiger partial charge in [0.15, 0.2) is 11.5 Å². The summed E-state index contributed by atoms with van der Waals surface area (Å²) < 4.78 is 16.8. The molecule has 6 nitrogen and oxygen atoms in total. The van der Waals surface area contributed by atoms with E-state index in [0.29, 0.717) is 29.4 Å². The molecule has 1 heterocycles. The average Bonchev–Trinajstić information content (AvgIpc) is 2.54. The summed E-state index contributed by atoms with van der Waals surface area (Å²) in [4.78, 5) is 0. The molecule has 0 amide bonds. The van der Waals surface area contributed by atoms with Gasteiger partial charge in [-0.05, 0) is 6.42 Å². The minimum absolute atomic E-state index is 0.0608. The second-order valence-electron chi connectivity index (χ2n) is 4.90. The molecule has 1 aromatic carbocycles. The summed E-state index contributed by atoms with van der Waals surface area (Å²) in [6, 6.07) is 5.42. The van der Waals surface area contributed by atoms with Crippen molar-refractivity contribution in [1.82, 2.24) is 5.32 Å². The molecule has 0 saturated carbocycles. The molecule has 2 rings (SSSR count). The number of nitrogens with one attached hydrogen (secondary N) is 1. The van der Waals surface area contributed by atoms with Crippen molar-refractivity contribution in [2.75, 3.05) is 32.6 Å². The molecule has 0 bridgehead atoms. The van der Waals surface area contributed by atoms with E-state index in [1.54, 1.807) is 19.2 Å². The Bertz CT molecular complexity index is 522. The number of hydrogen-bond acceptors (Lipinski definition) is 6. The number of benzene rings is 1. The van der Waals surface area contributed by atoms with E-state index >= 15 is 0 Å². The molecule has 2 atom stereocenters. The highest BCUT2D eigenvalue weighted by Crippen LogP contribution is 2.33. The summed E-state index contributed by atoms with van der Waals surface area (Å²) in [5.74, 6) is 1.06. The third-order valence-electron chi connectivity index (χ3n) is 3.54. The van der Waals surface area contributed by atoms with Gasteiger partial charge in [-0.25, -0.2) is 0 Å². The summed E-state index contributed by atoms with van der Waals surface area (Å²) in [7, 11) is 1.55. The monoisotopic (exact) mass is 291 g/mol. The first-order valence-corrected chi connectivity index (χ1v) is 7.05. The quantitative estimate of drug-likeness (QED) is 0.795. The zero-order valence-electron chi connectivity index (χ0n) is 12.4. The highest BCUT2D eigenvalue weighted by atomic mass is 16.5. The third-order valence-corrected chi connectivity index (χ3v) is 3.54. The molecule has 1 aliphatic heterocycles. The number of hydrogen-bond donors (Lipinski definition) is 2. The Labute approximate surface area is 124 Å². The van der Waals surface area contributed by atoms with Crippen LogP contribution in [0.2, 0.25) is 0 Å². The maximum Gasteiger partial charge on any atom is 0.163 e. The first-order chi connectivity index (χ1) is 10.2. The minimum atomic E-state index is -0.0608. The molecule has 2 unspecified atom stereocenters. The molecule has 1 saturated heterocycles. The fourth-order valence-corrected chi connectivity index (χ4v) is 2.36. The zero-order chi connectivity index (χ0) is 15.2. The van der Waals surface area contributed by atoms with Crippen molar-refractivity contribution in [3.05, 3.63) is 17.7 Å². The standard InChI is InChI=1S/C15H21N3O3/c1-3-13(12-9-20-5-4-18-12)21-15-6-10(8-16)11(17)7-14(15)19-2/h6-7,12-13,18H,3-5,9,17H2,1-2H3. The van der Waals surface area contributed by atoms with Crippen molar-refractivity contribution < 1.29 is 14.2 Å². The Morgan fingerprint density at radius 1 is 1.52 bits per heavy atom. The Morgan fingerprint density at radius 3 is 2.90 bits per heavy atom. The second kappa shape index (κ2) is 7.16. The SMILES string of the molecule is CCC(Oc1cc(C#N)c(N)cc1OC)C1COCCN1. The normalized spacial score (nSPS) is 19.6. The summed E-state index contributed by atoms with van der Waals surface area (Å²) >= 11 is 0. The Kier molecular flexibility index (Phi) is 5.26. The predicted octanol–water partition coefficient (Wildman–Crippen LogP) is 1.29. The van der Waals surface area contributed by atoms with Gasteiger partial charge in [0.2, 0.25) is 0 Å². The molecule has 0 radical (unpaired) electrons. The van der Waals surface area contributed by atoms with Crippen LogP contribution in [0.5, 0.6) is 11.5 Å². The van der Waals surface area contributed by atoms with Gasteiger partial charge >= 0.3 is 0 Å². The summed E-state index contributed by atoms with van der Waals surface area (Å²) in [5.41, 5.74) is 6.56. The molecule has 6 heteroatoms. The van der Waals surface area contributed by atoms with E-state index in [0.717, 1.165) is 19.6 Å². The van der Waals surface area contributed by atoms with Crippen LogP contribution in [0.15, 0.2) is 12.1 Å². The van der Waals surface area contributed by atoms with Gasteiger partial charge in [-0.1, -0.05) is 6.92 Å².